The molecule has 2 saturated heterocycles. The van der Waals surface area contributed by atoms with E-state index in [-0.39, 0.29) is 30.7 Å². The summed E-state index contributed by atoms with van der Waals surface area (Å²) in [6.45, 7) is 5.16. The molecule has 202 valence electrons. The van der Waals surface area contributed by atoms with E-state index in [0.717, 1.165) is 61.5 Å². The summed E-state index contributed by atoms with van der Waals surface area (Å²) in [6.07, 6.45) is 6.78. The largest absolute Gasteiger partial charge is 0.497 e. The molecule has 1 amide bonds. The molecule has 0 unspecified atom stereocenters. The fourth-order valence-electron chi connectivity index (χ4n) is 5.98. The van der Waals surface area contributed by atoms with Crippen molar-refractivity contribution in [2.24, 2.45) is 11.8 Å². The third kappa shape index (κ3) is 7.64. The van der Waals surface area contributed by atoms with E-state index in [1.807, 2.05) is 18.3 Å². The molecule has 1 aromatic heterocycles. The number of hydrogen-bond donors (Lipinski definition) is 3. The highest BCUT2D eigenvalue weighted by Crippen LogP contribution is 2.31. The fourth-order valence-corrected chi connectivity index (χ4v) is 5.98. The van der Waals surface area contributed by atoms with Gasteiger partial charge in [-0.2, -0.15) is 0 Å². The Morgan fingerprint density at radius 3 is 2.78 bits per heavy atom. The molecule has 3 N–H and O–H groups in total. The summed E-state index contributed by atoms with van der Waals surface area (Å²) in [7, 11) is 1.68. The minimum Gasteiger partial charge on any atom is -0.497 e. The van der Waals surface area contributed by atoms with E-state index in [1.165, 1.54) is 24.1 Å². The molecule has 3 aromatic rings. The van der Waals surface area contributed by atoms with Crippen molar-refractivity contribution >= 4 is 41.6 Å². The molecule has 8 heteroatoms. The van der Waals surface area contributed by atoms with Crippen LogP contribution in [0.5, 0.6) is 5.75 Å². The Morgan fingerprint density at radius 1 is 1.14 bits per heavy atom. The summed E-state index contributed by atoms with van der Waals surface area (Å²) in [5.74, 6) is 2.45. The van der Waals surface area contributed by atoms with Crippen molar-refractivity contribution in [1.82, 2.24) is 20.5 Å². The van der Waals surface area contributed by atoms with Crippen molar-refractivity contribution in [3.8, 4) is 5.75 Å². The Morgan fingerprint density at radius 2 is 1.97 bits per heavy atom. The minimum atomic E-state index is 0. The summed E-state index contributed by atoms with van der Waals surface area (Å²) in [5, 5.41) is 8.07. The number of benzene rings is 2. The van der Waals surface area contributed by atoms with E-state index in [9.17, 15) is 4.79 Å². The van der Waals surface area contributed by atoms with Crippen LogP contribution in [0.1, 0.15) is 36.8 Å². The average Bonchev–Trinajstić information content (AvgIpc) is 3.28. The number of likely N-dealkylation sites (tertiary alicyclic amines) is 1. The summed E-state index contributed by atoms with van der Waals surface area (Å²) in [6, 6.07) is 17.4. The highest BCUT2D eigenvalue weighted by atomic mass is 35.5. The number of fused-ring (bicyclic) bond motifs is 3. The van der Waals surface area contributed by atoms with Gasteiger partial charge in [0.05, 0.1) is 7.11 Å². The highest BCUT2D eigenvalue weighted by molar-refractivity contribution is 5.86. The highest BCUT2D eigenvalue weighted by Gasteiger charge is 2.36. The lowest BCUT2D eigenvalue weighted by Crippen LogP contribution is -2.55. The van der Waals surface area contributed by atoms with Crippen LogP contribution in [-0.2, 0) is 17.8 Å². The number of halogens is 2. The predicted molar refractivity (Wildman–Crippen MR) is 155 cm³/mol. The van der Waals surface area contributed by atoms with Gasteiger partial charge in [-0.15, -0.1) is 24.8 Å². The maximum atomic E-state index is 12.5. The van der Waals surface area contributed by atoms with Crippen LogP contribution in [0.3, 0.4) is 0 Å². The lowest BCUT2D eigenvalue weighted by atomic mass is 9.79. The van der Waals surface area contributed by atoms with Gasteiger partial charge in [-0.3, -0.25) is 9.69 Å². The molecule has 0 radical (unpaired) electrons. The second kappa shape index (κ2) is 14.1. The number of nitrogens with one attached hydrogen (secondary N) is 3. The number of methoxy groups -OCH3 is 1. The summed E-state index contributed by atoms with van der Waals surface area (Å²) in [5.41, 5.74) is 3.71. The Labute approximate surface area is 232 Å². The lowest BCUT2D eigenvalue weighted by molar-refractivity contribution is -0.121. The van der Waals surface area contributed by atoms with E-state index in [4.69, 9.17) is 4.74 Å². The van der Waals surface area contributed by atoms with Gasteiger partial charge in [0, 0.05) is 55.7 Å². The number of carbonyl (C=O) groups excluding carboxylic acids is 1. The number of hydrogen-bond acceptors (Lipinski definition) is 4. The first kappa shape index (κ1) is 29.3. The lowest BCUT2D eigenvalue weighted by Gasteiger charge is -2.46. The van der Waals surface area contributed by atoms with Crippen LogP contribution in [0, 0.1) is 11.8 Å². The monoisotopic (exact) mass is 546 g/mol. The second-order valence-corrected chi connectivity index (χ2v) is 10.3. The van der Waals surface area contributed by atoms with Crippen molar-refractivity contribution in [3.63, 3.8) is 0 Å². The maximum absolute atomic E-state index is 12.5. The predicted octanol–water partition coefficient (Wildman–Crippen LogP) is 4.96. The second-order valence-electron chi connectivity index (χ2n) is 10.3. The van der Waals surface area contributed by atoms with Crippen LogP contribution in [0.2, 0.25) is 0 Å². The molecule has 2 aliphatic heterocycles. The Bertz CT molecular complexity index is 1120. The first-order valence-electron chi connectivity index (χ1n) is 13.1. The molecule has 3 heterocycles. The molecule has 2 aromatic carbocycles. The average molecular weight is 548 g/mol. The normalized spacial score (nSPS) is 21.1. The van der Waals surface area contributed by atoms with Crippen LogP contribution in [0.25, 0.3) is 10.9 Å². The first-order valence-corrected chi connectivity index (χ1v) is 13.1. The third-order valence-electron chi connectivity index (χ3n) is 7.74. The number of rotatable bonds is 10. The number of nitrogens with zero attached hydrogens (tertiary/aromatic N) is 1. The van der Waals surface area contributed by atoms with Crippen LogP contribution in [0.4, 0.5) is 0 Å². The molecule has 0 aliphatic carbocycles. The quantitative estimate of drug-likeness (QED) is 0.336. The molecule has 2 fully saturated rings. The van der Waals surface area contributed by atoms with E-state index in [0.29, 0.717) is 24.9 Å². The van der Waals surface area contributed by atoms with Crippen molar-refractivity contribution < 1.29 is 9.53 Å². The van der Waals surface area contributed by atoms with Gasteiger partial charge < -0.3 is 20.4 Å². The molecular formula is C29H40Cl2N4O2. The fraction of sp³-hybridized carbons (Fsp3) is 0.483. The van der Waals surface area contributed by atoms with Crippen molar-refractivity contribution in [2.45, 2.75) is 44.7 Å². The third-order valence-corrected chi connectivity index (χ3v) is 7.74. The number of piperidine rings is 2. The summed E-state index contributed by atoms with van der Waals surface area (Å²) < 4.78 is 5.35. The molecule has 0 spiro atoms. The van der Waals surface area contributed by atoms with Crippen LogP contribution < -0.4 is 15.4 Å². The van der Waals surface area contributed by atoms with Gasteiger partial charge in [0.15, 0.2) is 0 Å². The van der Waals surface area contributed by atoms with Crippen LogP contribution >= 0.6 is 24.8 Å². The van der Waals surface area contributed by atoms with Gasteiger partial charge in [-0.25, -0.2) is 0 Å². The van der Waals surface area contributed by atoms with Gasteiger partial charge in [0.1, 0.15) is 5.75 Å². The Kier molecular flexibility index (Phi) is 11.1. The number of H-pyrrole nitrogens is 1. The maximum Gasteiger partial charge on any atom is 0.220 e. The number of carbonyl (C=O) groups is 1. The first-order chi connectivity index (χ1) is 17.2. The number of aromatic amines is 1. The number of ether oxygens (including phenoxy) is 1. The van der Waals surface area contributed by atoms with E-state index in [1.54, 1.807) is 7.11 Å². The van der Waals surface area contributed by atoms with Crippen LogP contribution in [-0.4, -0.2) is 55.1 Å². The summed E-state index contributed by atoms with van der Waals surface area (Å²) in [4.78, 5) is 18.4. The zero-order valence-electron chi connectivity index (χ0n) is 21.6. The van der Waals surface area contributed by atoms with Crippen molar-refractivity contribution in [1.29, 1.82) is 0 Å². The molecule has 0 saturated carbocycles. The van der Waals surface area contributed by atoms with E-state index in [2.05, 4.69) is 56.9 Å². The molecule has 3 atom stereocenters. The molecule has 2 aliphatic rings. The van der Waals surface area contributed by atoms with E-state index >= 15 is 0 Å². The standard InChI is InChI=1S/C29H38N4O2.2ClH/c1-35-25-10-11-28-26(15-25)23(17-32-28)12-13-30-29(34)9-5-8-27-24-14-22(16-31-27)19-33(20-24)18-21-6-3-2-4-7-21;;/h2-4,6-7,10-11,15,17,22,24,27,31-32H,5,8-9,12-14,16,18-20H2,1H3,(H,30,34);2*1H/t22-,24-,27+;;/m0../s1. The topological polar surface area (TPSA) is 69.4 Å². The molecule has 6 nitrogen and oxygen atoms in total. The summed E-state index contributed by atoms with van der Waals surface area (Å²) >= 11 is 0. The smallest absolute Gasteiger partial charge is 0.220 e. The van der Waals surface area contributed by atoms with Gasteiger partial charge in [-0.05, 0) is 73.4 Å². The van der Waals surface area contributed by atoms with Crippen molar-refractivity contribution in [3.05, 3.63) is 65.9 Å². The molecule has 5 rings (SSSR count). The molecule has 37 heavy (non-hydrogen) atoms. The SMILES string of the molecule is COc1ccc2[nH]cc(CCNC(=O)CCC[C@H]3NC[C@@H]4C[C@H]3CN(Cc3ccccc3)C4)c2c1.Cl.Cl. The zero-order valence-corrected chi connectivity index (χ0v) is 23.2. The van der Waals surface area contributed by atoms with Gasteiger partial charge in [-0.1, -0.05) is 30.3 Å². The van der Waals surface area contributed by atoms with Gasteiger partial charge >= 0.3 is 0 Å². The minimum absolute atomic E-state index is 0. The molecule has 2 bridgehead atoms. The Balaban J connectivity index is 0.00000190. The number of amides is 1. The van der Waals surface area contributed by atoms with Crippen LogP contribution in [0.15, 0.2) is 54.7 Å². The van der Waals surface area contributed by atoms with Gasteiger partial charge in [0.2, 0.25) is 5.91 Å². The Hall–Kier alpha value is -2.25. The van der Waals surface area contributed by atoms with Crippen molar-refractivity contribution in [2.75, 3.05) is 33.3 Å². The zero-order chi connectivity index (χ0) is 24.0. The van der Waals surface area contributed by atoms with Gasteiger partial charge in [0.25, 0.3) is 0 Å². The van der Waals surface area contributed by atoms with E-state index < -0.39 is 0 Å². The number of aromatic nitrogens is 1. The molecular weight excluding hydrogens is 507 g/mol.